The van der Waals surface area contributed by atoms with Crippen molar-refractivity contribution in [3.8, 4) is 6.07 Å². The fourth-order valence-corrected chi connectivity index (χ4v) is 0.392. The summed E-state index contributed by atoms with van der Waals surface area (Å²) in [5.41, 5.74) is 4.95. The van der Waals surface area contributed by atoms with Crippen molar-refractivity contribution in [1.29, 1.82) is 5.26 Å². The fraction of sp³-hybridized carbons (Fsp3) is 0.500. The Morgan fingerprint density at radius 1 is 1.38 bits per heavy atom. The summed E-state index contributed by atoms with van der Waals surface area (Å²) < 4.78 is 8.34. The first-order valence-corrected chi connectivity index (χ1v) is 3.98. The lowest BCUT2D eigenvalue weighted by atomic mass is 10.4. The number of nitriles is 1. The molecule has 0 bridgehead atoms. The molecule has 0 aromatic rings. The maximum atomic E-state index is 10.3. The number of oxime groups is 1. The maximum Gasteiger partial charge on any atom is 0.319 e. The number of carbonyl (C=O) groups is 2. The summed E-state index contributed by atoms with van der Waals surface area (Å²) in [6, 6.07) is 1.64. The molecule has 8 nitrogen and oxygen atoms in total. The van der Waals surface area contributed by atoms with Crippen molar-refractivity contribution in [2.24, 2.45) is 10.9 Å². The monoisotopic (exact) mass is 231 g/mol. The number of carbonyl (C=O) groups excluding carboxylic acids is 2. The molecule has 0 aliphatic carbocycles. The molecule has 0 unspecified atom stereocenters. The van der Waals surface area contributed by atoms with Gasteiger partial charge in [-0.2, -0.15) is 5.26 Å². The van der Waals surface area contributed by atoms with Crippen LogP contribution in [-0.2, 0) is 19.1 Å². The summed E-state index contributed by atoms with van der Waals surface area (Å²) >= 11 is 0. The van der Waals surface area contributed by atoms with E-state index in [9.17, 15) is 9.59 Å². The second kappa shape index (κ2) is 10.8. The summed E-state index contributed by atoms with van der Waals surface area (Å²) in [6.45, 7) is 0. The third-order valence-electron chi connectivity index (χ3n) is 1.13. The minimum Gasteiger partial charge on any atom is -0.469 e. The standard InChI is InChI=1S/C4H8N2O3.C4H5NO2/c1-9-4(7)2-3(5)6-8;1-7-4(6)2-3-5/h8H,2H2,1H3,(H2,5,6);2H2,1H3. The minimum atomic E-state index is -0.523. The van der Waals surface area contributed by atoms with Crippen LogP contribution in [0.15, 0.2) is 5.16 Å². The van der Waals surface area contributed by atoms with Gasteiger partial charge in [0, 0.05) is 0 Å². The second-order valence-electron chi connectivity index (χ2n) is 2.26. The average Bonchev–Trinajstić information content (AvgIpc) is 2.29. The fourth-order valence-electron chi connectivity index (χ4n) is 0.392. The van der Waals surface area contributed by atoms with Crippen LogP contribution in [-0.4, -0.2) is 37.2 Å². The van der Waals surface area contributed by atoms with Crippen molar-refractivity contribution in [3.05, 3.63) is 0 Å². The number of amidine groups is 1. The zero-order chi connectivity index (χ0) is 13.0. The van der Waals surface area contributed by atoms with Crippen LogP contribution in [0.1, 0.15) is 12.8 Å². The van der Waals surface area contributed by atoms with E-state index in [1.807, 2.05) is 0 Å². The Hall–Kier alpha value is -2.30. The number of hydrogen-bond donors (Lipinski definition) is 2. The maximum absolute atomic E-state index is 10.3. The molecule has 8 heteroatoms. The third-order valence-corrected chi connectivity index (χ3v) is 1.13. The van der Waals surface area contributed by atoms with E-state index in [0.29, 0.717) is 0 Å². The molecule has 0 radical (unpaired) electrons. The topological polar surface area (TPSA) is 135 Å². The Morgan fingerprint density at radius 2 is 1.88 bits per heavy atom. The highest BCUT2D eigenvalue weighted by atomic mass is 16.5. The van der Waals surface area contributed by atoms with Crippen LogP contribution in [0.25, 0.3) is 0 Å². The summed E-state index contributed by atoms with van der Waals surface area (Å²) in [4.78, 5) is 20.3. The molecule has 0 heterocycles. The summed E-state index contributed by atoms with van der Waals surface area (Å²) in [7, 11) is 2.48. The number of esters is 2. The molecule has 0 amide bonds. The molecule has 16 heavy (non-hydrogen) atoms. The molecule has 0 saturated heterocycles. The zero-order valence-electron chi connectivity index (χ0n) is 8.97. The van der Waals surface area contributed by atoms with Gasteiger partial charge in [0.2, 0.25) is 0 Å². The predicted molar refractivity (Wildman–Crippen MR) is 52.3 cm³/mol. The van der Waals surface area contributed by atoms with Crippen molar-refractivity contribution in [3.63, 3.8) is 0 Å². The van der Waals surface area contributed by atoms with Gasteiger partial charge in [0.05, 0.1) is 20.3 Å². The molecule has 0 rings (SSSR count). The number of ether oxygens (including phenoxy) is 2. The molecule has 0 aliphatic rings. The largest absolute Gasteiger partial charge is 0.469 e. The molecule has 0 fully saturated rings. The Bertz CT molecular complexity index is 295. The van der Waals surface area contributed by atoms with Gasteiger partial charge in [0.15, 0.2) is 0 Å². The van der Waals surface area contributed by atoms with Crippen molar-refractivity contribution in [2.75, 3.05) is 14.2 Å². The third kappa shape index (κ3) is 11.7. The van der Waals surface area contributed by atoms with Gasteiger partial charge < -0.3 is 20.4 Å². The van der Waals surface area contributed by atoms with Gasteiger partial charge in [0.1, 0.15) is 18.7 Å². The Balaban J connectivity index is 0. The van der Waals surface area contributed by atoms with E-state index < -0.39 is 11.9 Å². The predicted octanol–water partition coefficient (Wildman–Crippen LogP) is -0.631. The first-order valence-electron chi connectivity index (χ1n) is 3.98. The van der Waals surface area contributed by atoms with Crippen molar-refractivity contribution in [1.82, 2.24) is 0 Å². The van der Waals surface area contributed by atoms with Crippen LogP contribution >= 0.6 is 0 Å². The number of nitrogens with two attached hydrogens (primary N) is 1. The average molecular weight is 231 g/mol. The van der Waals surface area contributed by atoms with Crippen molar-refractivity contribution in [2.45, 2.75) is 12.8 Å². The van der Waals surface area contributed by atoms with Gasteiger partial charge in [-0.25, -0.2) is 0 Å². The van der Waals surface area contributed by atoms with Crippen molar-refractivity contribution >= 4 is 17.8 Å². The highest BCUT2D eigenvalue weighted by Crippen LogP contribution is 1.82. The highest BCUT2D eigenvalue weighted by molar-refractivity contribution is 5.96. The Kier molecular flexibility index (Phi) is 10.9. The van der Waals surface area contributed by atoms with E-state index in [2.05, 4.69) is 14.6 Å². The Labute approximate surface area is 92.2 Å². The first kappa shape index (κ1) is 16.1. The number of rotatable bonds is 3. The summed E-state index contributed by atoms with van der Waals surface area (Å²) in [5, 5.41) is 18.3. The second-order valence-corrected chi connectivity index (χ2v) is 2.26. The van der Waals surface area contributed by atoms with Gasteiger partial charge in [-0.15, -0.1) is 0 Å². The lowest BCUT2D eigenvalue weighted by Crippen LogP contribution is -2.17. The molecule has 0 atom stereocenters. The molecule has 0 spiro atoms. The van der Waals surface area contributed by atoms with E-state index in [0.717, 1.165) is 0 Å². The molecule has 3 N–H and O–H groups in total. The van der Waals surface area contributed by atoms with Crippen LogP contribution < -0.4 is 5.73 Å². The SMILES string of the molecule is COC(=O)CC#N.COC(=O)CC(N)=NO. The van der Waals surface area contributed by atoms with Gasteiger partial charge in [-0.05, 0) is 0 Å². The normalized spacial score (nSPS) is 9.19. The quantitative estimate of drug-likeness (QED) is 0.217. The van der Waals surface area contributed by atoms with E-state index in [1.165, 1.54) is 14.2 Å². The first-order chi connectivity index (χ1) is 7.51. The van der Waals surface area contributed by atoms with E-state index in [-0.39, 0.29) is 18.7 Å². The lowest BCUT2D eigenvalue weighted by molar-refractivity contribution is -0.140. The van der Waals surface area contributed by atoms with Crippen LogP contribution in [0, 0.1) is 11.3 Å². The molecule has 90 valence electrons. The number of nitrogens with zero attached hydrogens (tertiary/aromatic N) is 2. The molecule has 0 aliphatic heterocycles. The van der Waals surface area contributed by atoms with Crippen LogP contribution in [0.5, 0.6) is 0 Å². The van der Waals surface area contributed by atoms with Crippen LogP contribution in [0.3, 0.4) is 0 Å². The smallest absolute Gasteiger partial charge is 0.319 e. The molecular weight excluding hydrogens is 218 g/mol. The number of methoxy groups -OCH3 is 2. The van der Waals surface area contributed by atoms with E-state index in [4.69, 9.17) is 16.2 Å². The molecular formula is C8H13N3O5. The van der Waals surface area contributed by atoms with Gasteiger partial charge in [0.25, 0.3) is 0 Å². The zero-order valence-corrected chi connectivity index (χ0v) is 8.97. The minimum absolute atomic E-state index is 0.151. The summed E-state index contributed by atoms with van der Waals surface area (Å²) in [5.74, 6) is -1.16. The molecule has 0 aromatic carbocycles. The summed E-state index contributed by atoms with van der Waals surface area (Å²) in [6.07, 6.45) is -0.330. The van der Waals surface area contributed by atoms with Gasteiger partial charge in [-0.3, -0.25) is 9.59 Å². The molecule has 0 saturated carbocycles. The molecule has 0 aromatic heterocycles. The highest BCUT2D eigenvalue weighted by Gasteiger charge is 2.02. The van der Waals surface area contributed by atoms with Crippen LogP contribution in [0.2, 0.25) is 0 Å². The van der Waals surface area contributed by atoms with Gasteiger partial charge >= 0.3 is 11.9 Å². The van der Waals surface area contributed by atoms with Gasteiger partial charge in [-0.1, -0.05) is 5.16 Å². The van der Waals surface area contributed by atoms with Crippen LogP contribution in [0.4, 0.5) is 0 Å². The van der Waals surface area contributed by atoms with E-state index in [1.54, 1.807) is 6.07 Å². The lowest BCUT2D eigenvalue weighted by Gasteiger charge is -1.94. The van der Waals surface area contributed by atoms with E-state index >= 15 is 0 Å². The number of hydrogen-bond acceptors (Lipinski definition) is 7. The van der Waals surface area contributed by atoms with Crippen molar-refractivity contribution < 1.29 is 24.3 Å². The Morgan fingerprint density at radius 3 is 2.12 bits per heavy atom.